The van der Waals surface area contributed by atoms with Crippen LogP contribution in [0.1, 0.15) is 32.1 Å². The zero-order valence-electron chi connectivity index (χ0n) is 5.97. The van der Waals surface area contributed by atoms with E-state index in [1.165, 1.54) is 12.8 Å². The summed E-state index contributed by atoms with van der Waals surface area (Å²) in [6.45, 7) is 0. The third-order valence-corrected chi connectivity index (χ3v) is 2.86. The van der Waals surface area contributed by atoms with Crippen LogP contribution in [0.2, 0.25) is 0 Å². The third-order valence-electron chi connectivity index (χ3n) is 2.86. The average Bonchev–Trinajstić information content (AvgIpc) is 2.62. The first-order valence-electron chi connectivity index (χ1n) is 3.93. The van der Waals surface area contributed by atoms with Gasteiger partial charge in [0, 0.05) is 6.42 Å². The van der Waals surface area contributed by atoms with Gasteiger partial charge in [0.05, 0.1) is 0 Å². The second-order valence-electron chi connectivity index (χ2n) is 3.69. The van der Waals surface area contributed by atoms with Crippen molar-refractivity contribution in [2.75, 3.05) is 0 Å². The average molecular weight is 140 g/mol. The lowest BCUT2D eigenvalue weighted by molar-refractivity contribution is -0.131. The Bertz CT molecular complexity index is 170. The molecule has 1 spiro atoms. The van der Waals surface area contributed by atoms with E-state index in [9.17, 15) is 9.90 Å². The van der Waals surface area contributed by atoms with Crippen LogP contribution in [0.5, 0.6) is 0 Å². The lowest BCUT2D eigenvalue weighted by Gasteiger charge is -2.23. The number of ketones is 1. The van der Waals surface area contributed by atoms with Gasteiger partial charge in [-0.3, -0.25) is 4.79 Å². The van der Waals surface area contributed by atoms with E-state index in [-0.39, 0.29) is 5.78 Å². The minimum Gasteiger partial charge on any atom is -0.385 e. The molecule has 56 valence electrons. The van der Waals surface area contributed by atoms with Crippen LogP contribution < -0.4 is 0 Å². The molecule has 0 aromatic rings. The normalized spacial score (nSPS) is 36.5. The highest BCUT2D eigenvalue weighted by Gasteiger charge is 2.47. The Morgan fingerprint density at radius 3 is 2.60 bits per heavy atom. The van der Waals surface area contributed by atoms with Crippen molar-refractivity contribution in [3.63, 3.8) is 0 Å². The fourth-order valence-corrected chi connectivity index (χ4v) is 1.81. The van der Waals surface area contributed by atoms with E-state index in [1.54, 1.807) is 0 Å². The predicted octanol–water partition coefficient (Wildman–Crippen LogP) is 0.880. The van der Waals surface area contributed by atoms with Crippen molar-refractivity contribution in [3.8, 4) is 0 Å². The van der Waals surface area contributed by atoms with Gasteiger partial charge in [-0.2, -0.15) is 0 Å². The molecule has 0 heterocycles. The molecule has 2 nitrogen and oxygen atoms in total. The summed E-state index contributed by atoms with van der Waals surface area (Å²) in [6.07, 6.45) is 4.22. The molecule has 2 aliphatic rings. The number of carbonyl (C=O) groups excluding carboxylic acids is 1. The molecule has 1 atom stereocenters. The van der Waals surface area contributed by atoms with Gasteiger partial charge in [-0.05, 0) is 31.1 Å². The van der Waals surface area contributed by atoms with Gasteiger partial charge in [0.25, 0.3) is 0 Å². The maximum atomic E-state index is 10.9. The quantitative estimate of drug-likeness (QED) is 0.542. The Hall–Kier alpha value is -0.370. The van der Waals surface area contributed by atoms with Crippen molar-refractivity contribution in [1.82, 2.24) is 0 Å². The first-order chi connectivity index (χ1) is 4.72. The second-order valence-corrected chi connectivity index (χ2v) is 3.69. The van der Waals surface area contributed by atoms with Crippen molar-refractivity contribution < 1.29 is 9.90 Å². The zero-order chi connectivity index (χ0) is 7.19. The fourth-order valence-electron chi connectivity index (χ4n) is 1.81. The molecule has 2 heteroatoms. The Morgan fingerprint density at radius 1 is 1.40 bits per heavy atom. The minimum atomic E-state index is -0.628. The SMILES string of the molecule is O=C1CCC2(CC2)CC1O. The maximum Gasteiger partial charge on any atom is 0.161 e. The van der Waals surface area contributed by atoms with E-state index in [0.29, 0.717) is 11.8 Å². The van der Waals surface area contributed by atoms with Gasteiger partial charge in [-0.1, -0.05) is 0 Å². The molecule has 0 aliphatic heterocycles. The summed E-state index contributed by atoms with van der Waals surface area (Å²) in [7, 11) is 0. The first-order valence-corrected chi connectivity index (χ1v) is 3.93. The summed E-state index contributed by atoms with van der Waals surface area (Å²) in [4.78, 5) is 10.9. The lowest BCUT2D eigenvalue weighted by Crippen LogP contribution is -2.30. The van der Waals surface area contributed by atoms with Crippen molar-refractivity contribution in [3.05, 3.63) is 0 Å². The number of aliphatic hydroxyl groups is 1. The number of carbonyl (C=O) groups is 1. The van der Waals surface area contributed by atoms with E-state index in [0.717, 1.165) is 12.8 Å². The number of Topliss-reactive ketones (excluding diaryl/α,β-unsaturated/α-hetero) is 1. The molecular weight excluding hydrogens is 128 g/mol. The zero-order valence-corrected chi connectivity index (χ0v) is 5.97. The molecule has 2 rings (SSSR count). The minimum absolute atomic E-state index is 0.0533. The van der Waals surface area contributed by atoms with Crippen LogP contribution >= 0.6 is 0 Å². The predicted molar refractivity (Wildman–Crippen MR) is 36.5 cm³/mol. The van der Waals surface area contributed by atoms with E-state index in [2.05, 4.69) is 0 Å². The molecule has 1 unspecified atom stereocenters. The highest BCUT2D eigenvalue weighted by molar-refractivity contribution is 5.83. The van der Waals surface area contributed by atoms with Crippen LogP contribution in [0.4, 0.5) is 0 Å². The van der Waals surface area contributed by atoms with Gasteiger partial charge in [0.15, 0.2) is 5.78 Å². The smallest absolute Gasteiger partial charge is 0.161 e. The van der Waals surface area contributed by atoms with E-state index >= 15 is 0 Å². The molecular formula is C8H12O2. The molecule has 0 aromatic heterocycles. The Kier molecular flexibility index (Phi) is 1.15. The van der Waals surface area contributed by atoms with Gasteiger partial charge in [-0.15, -0.1) is 0 Å². The summed E-state index contributed by atoms with van der Waals surface area (Å²) in [5.74, 6) is 0.0533. The van der Waals surface area contributed by atoms with Crippen LogP contribution in [0.3, 0.4) is 0 Å². The van der Waals surface area contributed by atoms with Crippen LogP contribution in [0.15, 0.2) is 0 Å². The highest BCUT2D eigenvalue weighted by atomic mass is 16.3. The summed E-state index contributed by atoms with van der Waals surface area (Å²) >= 11 is 0. The summed E-state index contributed by atoms with van der Waals surface area (Å²) in [6, 6.07) is 0. The molecule has 0 bridgehead atoms. The summed E-state index contributed by atoms with van der Waals surface area (Å²) < 4.78 is 0. The van der Waals surface area contributed by atoms with Crippen molar-refractivity contribution >= 4 is 5.78 Å². The molecule has 2 saturated carbocycles. The van der Waals surface area contributed by atoms with Crippen molar-refractivity contribution in [2.24, 2.45) is 5.41 Å². The third kappa shape index (κ3) is 0.870. The number of rotatable bonds is 0. The summed E-state index contributed by atoms with van der Waals surface area (Å²) in [5.41, 5.74) is 0.410. The number of hydrogen-bond donors (Lipinski definition) is 1. The second kappa shape index (κ2) is 1.82. The van der Waals surface area contributed by atoms with Gasteiger partial charge in [0.1, 0.15) is 6.10 Å². The Labute approximate surface area is 60.2 Å². The Balaban J connectivity index is 2.04. The van der Waals surface area contributed by atoms with Crippen LogP contribution in [-0.2, 0) is 4.79 Å². The van der Waals surface area contributed by atoms with Gasteiger partial charge in [0.2, 0.25) is 0 Å². The van der Waals surface area contributed by atoms with Crippen molar-refractivity contribution in [1.29, 1.82) is 0 Å². The summed E-state index contributed by atoms with van der Waals surface area (Å²) in [5, 5.41) is 9.20. The molecule has 2 fully saturated rings. The van der Waals surface area contributed by atoms with Gasteiger partial charge in [-0.25, -0.2) is 0 Å². The molecule has 0 radical (unpaired) electrons. The van der Waals surface area contributed by atoms with Crippen LogP contribution in [0, 0.1) is 5.41 Å². The lowest BCUT2D eigenvalue weighted by atomic mass is 9.84. The number of hydrogen-bond acceptors (Lipinski definition) is 2. The fraction of sp³-hybridized carbons (Fsp3) is 0.875. The van der Waals surface area contributed by atoms with Crippen LogP contribution in [-0.4, -0.2) is 17.0 Å². The molecule has 0 aromatic carbocycles. The molecule has 2 aliphatic carbocycles. The first kappa shape index (κ1) is 6.35. The molecule has 10 heavy (non-hydrogen) atoms. The Morgan fingerprint density at radius 2 is 2.10 bits per heavy atom. The van der Waals surface area contributed by atoms with Gasteiger partial charge >= 0.3 is 0 Å². The van der Waals surface area contributed by atoms with E-state index < -0.39 is 6.10 Å². The molecule has 0 amide bonds. The highest BCUT2D eigenvalue weighted by Crippen LogP contribution is 2.55. The van der Waals surface area contributed by atoms with E-state index in [1.807, 2.05) is 0 Å². The topological polar surface area (TPSA) is 37.3 Å². The number of aliphatic hydroxyl groups excluding tert-OH is 1. The van der Waals surface area contributed by atoms with Gasteiger partial charge < -0.3 is 5.11 Å². The largest absolute Gasteiger partial charge is 0.385 e. The van der Waals surface area contributed by atoms with E-state index in [4.69, 9.17) is 0 Å². The molecule has 0 saturated heterocycles. The standard InChI is InChI=1S/C8H12O2/c9-6-1-2-8(3-4-8)5-7(6)10/h7,10H,1-5H2. The monoisotopic (exact) mass is 140 g/mol. The molecule has 1 N–H and O–H groups in total. The maximum absolute atomic E-state index is 10.9. The van der Waals surface area contributed by atoms with Crippen LogP contribution in [0.25, 0.3) is 0 Å². The van der Waals surface area contributed by atoms with Crippen molar-refractivity contribution in [2.45, 2.75) is 38.2 Å².